The van der Waals surface area contributed by atoms with Gasteiger partial charge in [0.15, 0.2) is 0 Å². The second-order valence-electron chi connectivity index (χ2n) is 2.89. The Balaban J connectivity index is 1.89. The van der Waals surface area contributed by atoms with Crippen molar-refractivity contribution >= 4 is 27.5 Å². The highest BCUT2D eigenvalue weighted by Gasteiger charge is 2.29. The van der Waals surface area contributed by atoms with E-state index in [2.05, 4.69) is 25.3 Å². The van der Waals surface area contributed by atoms with Gasteiger partial charge >= 0.3 is 0 Å². The average molecular weight is 233 g/mol. The smallest absolute Gasteiger partial charge is 0.129 e. The van der Waals surface area contributed by atoms with Crippen LogP contribution in [0.15, 0.2) is 6.33 Å². The van der Waals surface area contributed by atoms with Crippen molar-refractivity contribution in [3.05, 3.63) is 11.3 Å². The predicted molar refractivity (Wildman–Crippen MR) is 49.1 cm³/mol. The predicted octanol–water partition coefficient (Wildman–Crippen LogP) is 2.25. The van der Waals surface area contributed by atoms with Crippen molar-refractivity contribution in [2.75, 3.05) is 0 Å². The van der Waals surface area contributed by atoms with Gasteiger partial charge in [-0.25, -0.2) is 4.98 Å². The van der Waals surface area contributed by atoms with E-state index in [4.69, 9.17) is 0 Å². The van der Waals surface area contributed by atoms with E-state index in [-0.39, 0.29) is 0 Å². The van der Waals surface area contributed by atoms with Crippen LogP contribution in [0.25, 0.3) is 0 Å². The summed E-state index contributed by atoms with van der Waals surface area (Å²) in [6.45, 7) is 0. The lowest BCUT2D eigenvalue weighted by Crippen LogP contribution is -2.04. The molecule has 1 aromatic heterocycles. The van der Waals surface area contributed by atoms with Gasteiger partial charge in [-0.2, -0.15) is 4.37 Å². The number of hydrogen-bond donors (Lipinski definition) is 0. The van der Waals surface area contributed by atoms with E-state index in [1.54, 1.807) is 6.33 Å². The lowest BCUT2D eigenvalue weighted by Gasteiger charge is -2.02. The average Bonchev–Trinajstić information content (AvgIpc) is 2.73. The van der Waals surface area contributed by atoms with E-state index in [0.29, 0.717) is 4.83 Å². The number of halogens is 1. The van der Waals surface area contributed by atoms with Gasteiger partial charge in [-0.05, 0) is 30.3 Å². The Bertz CT molecular complexity index is 220. The van der Waals surface area contributed by atoms with Crippen LogP contribution in [0.2, 0.25) is 0 Å². The van der Waals surface area contributed by atoms with Crippen LogP contribution in [0.3, 0.4) is 0 Å². The van der Waals surface area contributed by atoms with Gasteiger partial charge < -0.3 is 0 Å². The molecule has 1 fully saturated rings. The van der Waals surface area contributed by atoms with Crippen molar-refractivity contribution in [3.63, 3.8) is 0 Å². The lowest BCUT2D eigenvalue weighted by molar-refractivity contribution is 0.757. The summed E-state index contributed by atoms with van der Waals surface area (Å²) in [5.74, 6) is 0.902. The first-order valence-electron chi connectivity index (χ1n) is 3.76. The van der Waals surface area contributed by atoms with Crippen molar-refractivity contribution in [2.45, 2.75) is 24.1 Å². The molecule has 1 saturated carbocycles. The summed E-state index contributed by atoms with van der Waals surface area (Å²) in [5, 5.41) is 1.15. The van der Waals surface area contributed by atoms with Gasteiger partial charge in [0, 0.05) is 11.2 Å². The Labute approximate surface area is 78.3 Å². The van der Waals surface area contributed by atoms with Crippen LogP contribution in [0.1, 0.15) is 17.8 Å². The fraction of sp³-hybridized carbons (Fsp3) is 0.714. The molecule has 2 rings (SSSR count). The Morgan fingerprint density at radius 2 is 2.55 bits per heavy atom. The highest BCUT2D eigenvalue weighted by Crippen LogP contribution is 2.38. The van der Waals surface area contributed by atoms with Gasteiger partial charge in [0.1, 0.15) is 11.3 Å². The van der Waals surface area contributed by atoms with Crippen LogP contribution in [0.5, 0.6) is 0 Å². The van der Waals surface area contributed by atoms with Gasteiger partial charge in [-0.1, -0.05) is 15.9 Å². The highest BCUT2D eigenvalue weighted by atomic mass is 79.9. The van der Waals surface area contributed by atoms with Gasteiger partial charge in [0.05, 0.1) is 0 Å². The Kier molecular flexibility index (Phi) is 2.23. The third kappa shape index (κ3) is 1.99. The molecule has 1 aliphatic rings. The second-order valence-corrected chi connectivity index (χ2v) is 4.93. The molecule has 1 atom stereocenters. The van der Waals surface area contributed by atoms with Crippen molar-refractivity contribution in [2.24, 2.45) is 5.92 Å². The standard InChI is InChI=1S/C7H9BrN2S/c8-6(5-1-2-5)3-7-9-4-10-11-7/h4-6H,1-3H2. The number of rotatable bonds is 3. The molecule has 11 heavy (non-hydrogen) atoms. The van der Waals surface area contributed by atoms with E-state index in [1.165, 1.54) is 24.4 Å². The summed E-state index contributed by atoms with van der Waals surface area (Å²) >= 11 is 5.17. The van der Waals surface area contributed by atoms with E-state index in [9.17, 15) is 0 Å². The van der Waals surface area contributed by atoms with Crippen LogP contribution in [-0.4, -0.2) is 14.2 Å². The molecule has 2 nitrogen and oxygen atoms in total. The van der Waals surface area contributed by atoms with Crippen LogP contribution >= 0.6 is 27.5 Å². The summed E-state index contributed by atoms with van der Waals surface area (Å²) in [4.78, 5) is 4.78. The van der Waals surface area contributed by atoms with Gasteiger partial charge in [-0.15, -0.1) is 0 Å². The Morgan fingerprint density at radius 1 is 1.73 bits per heavy atom. The molecular weight excluding hydrogens is 224 g/mol. The molecule has 1 unspecified atom stereocenters. The summed E-state index contributed by atoms with van der Waals surface area (Å²) in [6, 6.07) is 0. The van der Waals surface area contributed by atoms with E-state index >= 15 is 0 Å². The normalized spacial score (nSPS) is 20.1. The van der Waals surface area contributed by atoms with E-state index in [0.717, 1.165) is 17.3 Å². The van der Waals surface area contributed by atoms with Crippen LogP contribution in [0, 0.1) is 5.92 Å². The van der Waals surface area contributed by atoms with Crippen LogP contribution in [-0.2, 0) is 6.42 Å². The quantitative estimate of drug-likeness (QED) is 0.748. The SMILES string of the molecule is BrC(Cc1ncns1)C1CC1. The zero-order valence-electron chi connectivity index (χ0n) is 6.03. The Hall–Kier alpha value is 0.0400. The summed E-state index contributed by atoms with van der Waals surface area (Å²) in [7, 11) is 0. The maximum Gasteiger partial charge on any atom is 0.129 e. The zero-order valence-corrected chi connectivity index (χ0v) is 8.44. The van der Waals surface area contributed by atoms with E-state index in [1.807, 2.05) is 0 Å². The fourth-order valence-electron chi connectivity index (χ4n) is 1.08. The van der Waals surface area contributed by atoms with Gasteiger partial charge in [-0.3, -0.25) is 0 Å². The van der Waals surface area contributed by atoms with Crippen molar-refractivity contribution in [1.29, 1.82) is 0 Å². The third-order valence-corrected chi connectivity index (χ3v) is 3.66. The minimum Gasteiger partial charge on any atom is -0.228 e. The summed E-state index contributed by atoms with van der Waals surface area (Å²) < 4.78 is 3.96. The monoisotopic (exact) mass is 232 g/mol. The number of aromatic nitrogens is 2. The van der Waals surface area contributed by atoms with Crippen LogP contribution in [0.4, 0.5) is 0 Å². The molecule has 0 bridgehead atoms. The minimum absolute atomic E-state index is 0.635. The molecule has 60 valence electrons. The molecule has 0 amide bonds. The first-order chi connectivity index (χ1) is 5.36. The minimum atomic E-state index is 0.635. The van der Waals surface area contributed by atoms with Crippen LogP contribution < -0.4 is 0 Å². The first kappa shape index (κ1) is 7.68. The third-order valence-electron chi connectivity index (χ3n) is 1.91. The molecule has 1 aromatic rings. The molecule has 1 heterocycles. The fourth-order valence-corrected chi connectivity index (χ4v) is 2.69. The largest absolute Gasteiger partial charge is 0.228 e. The van der Waals surface area contributed by atoms with Crippen molar-refractivity contribution in [3.8, 4) is 0 Å². The maximum atomic E-state index is 4.14. The number of alkyl halides is 1. The van der Waals surface area contributed by atoms with Gasteiger partial charge in [0.25, 0.3) is 0 Å². The number of nitrogens with zero attached hydrogens (tertiary/aromatic N) is 2. The lowest BCUT2D eigenvalue weighted by atomic mass is 10.2. The van der Waals surface area contributed by atoms with Crippen molar-refractivity contribution < 1.29 is 0 Å². The molecule has 0 spiro atoms. The highest BCUT2D eigenvalue weighted by molar-refractivity contribution is 9.09. The summed E-state index contributed by atoms with van der Waals surface area (Å²) in [6.07, 6.45) is 5.45. The van der Waals surface area contributed by atoms with Crippen molar-refractivity contribution in [1.82, 2.24) is 9.36 Å². The molecule has 0 aliphatic heterocycles. The Morgan fingerprint density at radius 3 is 3.09 bits per heavy atom. The van der Waals surface area contributed by atoms with E-state index < -0.39 is 0 Å². The molecule has 0 saturated heterocycles. The first-order valence-corrected chi connectivity index (χ1v) is 5.45. The number of hydrogen-bond acceptors (Lipinski definition) is 3. The molecule has 4 heteroatoms. The van der Waals surface area contributed by atoms with Gasteiger partial charge in [0.2, 0.25) is 0 Å². The zero-order chi connectivity index (χ0) is 7.68. The molecular formula is C7H9BrN2S. The molecule has 0 radical (unpaired) electrons. The molecule has 0 aromatic carbocycles. The maximum absolute atomic E-state index is 4.14. The molecule has 0 N–H and O–H groups in total. The topological polar surface area (TPSA) is 25.8 Å². The molecule has 1 aliphatic carbocycles. The second kappa shape index (κ2) is 3.19. The summed E-state index contributed by atoms with van der Waals surface area (Å²) in [5.41, 5.74) is 0.